The van der Waals surface area contributed by atoms with Crippen LogP contribution < -0.4 is 5.32 Å². The lowest BCUT2D eigenvalue weighted by atomic mass is 9.85. The van der Waals surface area contributed by atoms with E-state index in [0.717, 1.165) is 18.5 Å². The summed E-state index contributed by atoms with van der Waals surface area (Å²) in [5.74, 6) is -0.652. The maximum Gasteiger partial charge on any atom is 0.313 e. The maximum absolute atomic E-state index is 12.7. The zero-order valence-corrected chi connectivity index (χ0v) is 16.5. The average molecular weight is 369 g/mol. The standard InChI is InChI=1S/C21H27N3O3/c1-20(2,3)24-17(13-6-7-13)12-16(23-24)18(25)22-15-10-8-14(9-11-15)21(4,5)19(26)27/h8-13H,6-7H2,1-5H3,(H,22,25)(H,26,27). The van der Waals surface area contributed by atoms with Gasteiger partial charge in [-0.2, -0.15) is 5.10 Å². The lowest BCUT2D eigenvalue weighted by molar-refractivity contribution is -0.142. The Kier molecular flexibility index (Phi) is 4.62. The minimum absolute atomic E-state index is 0.180. The summed E-state index contributed by atoms with van der Waals surface area (Å²) in [4.78, 5) is 24.0. The molecule has 1 fully saturated rings. The van der Waals surface area contributed by atoms with Crippen molar-refractivity contribution in [3.05, 3.63) is 47.3 Å². The second-order valence-electron chi connectivity index (χ2n) is 8.77. The van der Waals surface area contributed by atoms with Crippen LogP contribution in [0.15, 0.2) is 30.3 Å². The number of amides is 1. The smallest absolute Gasteiger partial charge is 0.313 e. The van der Waals surface area contributed by atoms with Crippen LogP contribution in [0.5, 0.6) is 0 Å². The van der Waals surface area contributed by atoms with Crippen LogP contribution in [0.3, 0.4) is 0 Å². The van der Waals surface area contributed by atoms with Crippen LogP contribution in [0.1, 0.15) is 75.1 Å². The average Bonchev–Trinajstić information content (AvgIpc) is 3.31. The fraction of sp³-hybridized carbons (Fsp3) is 0.476. The summed E-state index contributed by atoms with van der Waals surface area (Å²) in [6, 6.07) is 8.79. The summed E-state index contributed by atoms with van der Waals surface area (Å²) in [5, 5.41) is 16.7. The third-order valence-corrected chi connectivity index (χ3v) is 5.00. The van der Waals surface area contributed by atoms with Gasteiger partial charge in [-0.3, -0.25) is 14.3 Å². The molecule has 0 atom stereocenters. The summed E-state index contributed by atoms with van der Waals surface area (Å²) < 4.78 is 1.96. The molecule has 1 heterocycles. The SMILES string of the molecule is CC(C)(C(=O)O)c1ccc(NC(=O)c2cc(C3CC3)n(C(C)(C)C)n2)cc1. The van der Waals surface area contributed by atoms with Crippen molar-refractivity contribution in [3.63, 3.8) is 0 Å². The number of aliphatic carboxylic acids is 1. The van der Waals surface area contributed by atoms with Gasteiger partial charge in [0.05, 0.1) is 11.0 Å². The molecule has 1 saturated carbocycles. The van der Waals surface area contributed by atoms with Gasteiger partial charge in [-0.15, -0.1) is 0 Å². The topological polar surface area (TPSA) is 84.2 Å². The fourth-order valence-corrected chi connectivity index (χ4v) is 3.00. The van der Waals surface area contributed by atoms with E-state index in [2.05, 4.69) is 31.2 Å². The number of aromatic nitrogens is 2. The first-order valence-corrected chi connectivity index (χ1v) is 9.26. The molecule has 0 bridgehead atoms. The van der Waals surface area contributed by atoms with E-state index >= 15 is 0 Å². The Balaban J connectivity index is 1.79. The molecule has 1 aromatic carbocycles. The molecule has 0 unspecified atom stereocenters. The molecule has 144 valence electrons. The second-order valence-corrected chi connectivity index (χ2v) is 8.77. The maximum atomic E-state index is 12.7. The molecule has 1 aromatic heterocycles. The minimum Gasteiger partial charge on any atom is -0.481 e. The lowest BCUT2D eigenvalue weighted by Crippen LogP contribution is -2.28. The van der Waals surface area contributed by atoms with E-state index in [1.165, 1.54) is 0 Å². The first-order valence-electron chi connectivity index (χ1n) is 9.26. The highest BCUT2D eigenvalue weighted by atomic mass is 16.4. The zero-order chi connectivity index (χ0) is 20.0. The summed E-state index contributed by atoms with van der Waals surface area (Å²) in [5.41, 5.74) is 1.66. The monoisotopic (exact) mass is 369 g/mol. The fourth-order valence-electron chi connectivity index (χ4n) is 3.00. The second kappa shape index (κ2) is 6.51. The molecular formula is C21H27N3O3. The van der Waals surface area contributed by atoms with Crippen LogP contribution in [-0.2, 0) is 15.7 Å². The molecule has 1 amide bonds. The molecule has 0 radical (unpaired) electrons. The quantitative estimate of drug-likeness (QED) is 0.830. The van der Waals surface area contributed by atoms with Crippen LogP contribution in [0.4, 0.5) is 5.69 Å². The Labute approximate surface area is 159 Å². The summed E-state index contributed by atoms with van der Waals surface area (Å²) >= 11 is 0. The van der Waals surface area contributed by atoms with Crippen LogP contribution in [0.25, 0.3) is 0 Å². The molecule has 6 heteroatoms. The van der Waals surface area contributed by atoms with Crippen molar-refractivity contribution >= 4 is 17.6 Å². The third kappa shape index (κ3) is 3.89. The van der Waals surface area contributed by atoms with Gasteiger partial charge < -0.3 is 10.4 Å². The lowest BCUT2D eigenvalue weighted by Gasteiger charge is -2.22. The molecule has 2 aromatic rings. The molecule has 0 saturated heterocycles. The molecule has 3 rings (SSSR count). The molecule has 0 aliphatic heterocycles. The summed E-state index contributed by atoms with van der Waals surface area (Å²) in [6.07, 6.45) is 2.29. The van der Waals surface area contributed by atoms with E-state index in [1.807, 2.05) is 10.7 Å². The molecule has 2 N–H and O–H groups in total. The highest BCUT2D eigenvalue weighted by Crippen LogP contribution is 2.41. The predicted molar refractivity (Wildman–Crippen MR) is 104 cm³/mol. The number of carbonyl (C=O) groups excluding carboxylic acids is 1. The molecule has 0 spiro atoms. The number of carbonyl (C=O) groups is 2. The first kappa shape index (κ1) is 19.1. The van der Waals surface area contributed by atoms with Crippen LogP contribution in [0, 0.1) is 0 Å². The van der Waals surface area contributed by atoms with Crippen molar-refractivity contribution in [2.24, 2.45) is 0 Å². The zero-order valence-electron chi connectivity index (χ0n) is 16.5. The number of nitrogens with one attached hydrogen (secondary N) is 1. The van der Waals surface area contributed by atoms with Crippen LogP contribution in [-0.4, -0.2) is 26.8 Å². The molecule has 1 aliphatic carbocycles. The number of hydrogen-bond donors (Lipinski definition) is 2. The Morgan fingerprint density at radius 2 is 1.70 bits per heavy atom. The Hall–Kier alpha value is -2.63. The summed E-state index contributed by atoms with van der Waals surface area (Å²) in [7, 11) is 0. The van der Waals surface area contributed by atoms with E-state index in [1.54, 1.807) is 38.1 Å². The number of hydrogen-bond acceptors (Lipinski definition) is 3. The number of rotatable bonds is 5. The van der Waals surface area contributed by atoms with Gasteiger partial charge in [-0.05, 0) is 71.2 Å². The third-order valence-electron chi connectivity index (χ3n) is 5.00. The van der Waals surface area contributed by atoms with E-state index < -0.39 is 11.4 Å². The van der Waals surface area contributed by atoms with Gasteiger partial charge in [0.15, 0.2) is 5.69 Å². The Morgan fingerprint density at radius 1 is 1.11 bits per heavy atom. The first-order chi connectivity index (χ1) is 12.5. The highest BCUT2D eigenvalue weighted by Gasteiger charge is 2.33. The van der Waals surface area contributed by atoms with Crippen molar-refractivity contribution in [1.82, 2.24) is 9.78 Å². The largest absolute Gasteiger partial charge is 0.481 e. The summed E-state index contributed by atoms with van der Waals surface area (Å²) in [6.45, 7) is 9.55. The van der Waals surface area contributed by atoms with E-state index in [9.17, 15) is 14.7 Å². The van der Waals surface area contributed by atoms with Crippen molar-refractivity contribution in [2.75, 3.05) is 5.32 Å². The molecule has 1 aliphatic rings. The molecular weight excluding hydrogens is 342 g/mol. The van der Waals surface area contributed by atoms with E-state index in [0.29, 0.717) is 22.9 Å². The van der Waals surface area contributed by atoms with Gasteiger partial charge in [-0.1, -0.05) is 12.1 Å². The Morgan fingerprint density at radius 3 is 2.19 bits per heavy atom. The van der Waals surface area contributed by atoms with Gasteiger partial charge in [0.1, 0.15) is 0 Å². The van der Waals surface area contributed by atoms with Crippen LogP contribution in [0.2, 0.25) is 0 Å². The van der Waals surface area contributed by atoms with Crippen molar-refractivity contribution in [2.45, 2.75) is 64.3 Å². The van der Waals surface area contributed by atoms with E-state index in [-0.39, 0.29) is 11.4 Å². The van der Waals surface area contributed by atoms with E-state index in [4.69, 9.17) is 0 Å². The number of benzene rings is 1. The van der Waals surface area contributed by atoms with Gasteiger partial charge >= 0.3 is 5.97 Å². The number of nitrogens with zero attached hydrogens (tertiary/aromatic N) is 2. The van der Waals surface area contributed by atoms with Crippen molar-refractivity contribution in [1.29, 1.82) is 0 Å². The normalized spacial score (nSPS) is 14.9. The predicted octanol–water partition coefficient (Wildman–Crippen LogP) is 4.13. The molecule has 6 nitrogen and oxygen atoms in total. The van der Waals surface area contributed by atoms with Gasteiger partial charge in [0, 0.05) is 17.3 Å². The number of carboxylic acids is 1. The van der Waals surface area contributed by atoms with Gasteiger partial charge in [0.2, 0.25) is 0 Å². The highest BCUT2D eigenvalue weighted by molar-refractivity contribution is 6.03. The van der Waals surface area contributed by atoms with Crippen molar-refractivity contribution < 1.29 is 14.7 Å². The van der Waals surface area contributed by atoms with Crippen molar-refractivity contribution in [3.8, 4) is 0 Å². The minimum atomic E-state index is -0.979. The van der Waals surface area contributed by atoms with Crippen LogP contribution >= 0.6 is 0 Å². The van der Waals surface area contributed by atoms with Gasteiger partial charge in [0.25, 0.3) is 5.91 Å². The molecule has 27 heavy (non-hydrogen) atoms. The van der Waals surface area contributed by atoms with Gasteiger partial charge in [-0.25, -0.2) is 0 Å². The number of carboxylic acid groups (broad SMARTS) is 1. The Bertz CT molecular complexity index is 869. The number of anilines is 1.